The molecule has 0 bridgehead atoms. The average Bonchev–Trinajstić information content (AvgIpc) is 1.61. The number of hydrogen-bond acceptors (Lipinski definition) is 0. The van der Waals surface area contributed by atoms with E-state index in [9.17, 15) is 0 Å². The summed E-state index contributed by atoms with van der Waals surface area (Å²) < 4.78 is 0. The van der Waals surface area contributed by atoms with E-state index in [1.54, 1.807) is 22.3 Å². The van der Waals surface area contributed by atoms with E-state index in [0.717, 1.165) is 51.4 Å². The Morgan fingerprint density at radius 2 is 0.225 bits per heavy atom. The molecule has 0 unspecified atom stereocenters. The van der Waals surface area contributed by atoms with E-state index in [4.69, 9.17) is 0 Å². The maximum Gasteiger partial charge on any atom is 0 e. The summed E-state index contributed by atoms with van der Waals surface area (Å²) in [7, 11) is 0. The van der Waals surface area contributed by atoms with Gasteiger partial charge in [0.25, 0.3) is 0 Å². The van der Waals surface area contributed by atoms with Crippen molar-refractivity contribution in [2.45, 2.75) is 256 Å². The summed E-state index contributed by atoms with van der Waals surface area (Å²) in [5.74, 6) is 0. The van der Waals surface area contributed by atoms with Gasteiger partial charge in [0.1, 0.15) is 0 Å². The zero-order valence-electron chi connectivity index (χ0n) is 92.5. The molecule has 0 aliphatic heterocycles. The molecular weight excluding hydrogens is 3200 g/mol. The third kappa shape index (κ3) is 61.0. The van der Waals surface area contributed by atoms with Gasteiger partial charge in [-0.15, -0.1) is 0 Å². The minimum Gasteiger partial charge on any atom is -0.358 e. The first-order valence-electron chi connectivity index (χ1n) is 43.4. The van der Waals surface area contributed by atoms with Crippen molar-refractivity contribution in [3.63, 3.8) is 0 Å². The topological polar surface area (TPSA) is 0 Å². The summed E-state index contributed by atoms with van der Waals surface area (Å²) >= 11 is 0. The summed E-state index contributed by atoms with van der Waals surface area (Å²) in [4.78, 5) is 0. The first kappa shape index (κ1) is 210. The Morgan fingerprint density at radius 3 is 0.348 bits per heavy atom. The van der Waals surface area contributed by atoms with Crippen LogP contribution in [0.3, 0.4) is 0 Å². The van der Waals surface area contributed by atoms with Gasteiger partial charge in [-0.1, -0.05) is 435 Å². The predicted molar refractivity (Wildman–Crippen MR) is 547 cm³/mol. The van der Waals surface area contributed by atoms with Gasteiger partial charge in [-0.2, -0.15) is 0 Å². The molecule has 20 rings (SSSR count). The molecular formula is C118H164Y20-8. The molecule has 0 saturated carbocycles. The molecule has 0 N–H and O–H groups in total. The summed E-state index contributed by atoms with van der Waals surface area (Å²) in [6.45, 7) is 49.5. The second-order valence-electron chi connectivity index (χ2n) is 27.5. The van der Waals surface area contributed by atoms with Gasteiger partial charge < -0.3 is 59.4 Å². The van der Waals surface area contributed by atoms with Crippen LogP contribution < -0.4 is 0 Å². The number of benzene rings is 12. The smallest absolute Gasteiger partial charge is 0 e. The van der Waals surface area contributed by atoms with Crippen molar-refractivity contribution in [3.8, 4) is 89.0 Å². The summed E-state index contributed by atoms with van der Waals surface area (Å²) in [6.07, 6.45) is 16.3. The molecule has 20 radical (unpaired) electrons. The molecule has 0 spiro atoms. The third-order valence-electron chi connectivity index (χ3n) is 19.0. The summed E-state index contributed by atoms with van der Waals surface area (Å²) in [6, 6.07) is 89.6. The van der Waals surface area contributed by atoms with Crippen molar-refractivity contribution < 1.29 is 654 Å². The Kier molecular flexibility index (Phi) is 191. The Hall–Kier alpha value is 12.7. The van der Waals surface area contributed by atoms with Crippen LogP contribution >= 0.6 is 0 Å². The van der Waals surface area contributed by atoms with E-state index in [1.165, 1.54) is 194 Å². The van der Waals surface area contributed by atoms with Crippen LogP contribution in [0.5, 0.6) is 0 Å². The van der Waals surface area contributed by atoms with Crippen LogP contribution in [-0.2, 0) is 706 Å². The van der Waals surface area contributed by atoms with Gasteiger partial charge in [0.15, 0.2) is 0 Å². The van der Waals surface area contributed by atoms with Crippen molar-refractivity contribution in [2.24, 2.45) is 0 Å². The Balaban J connectivity index is -0.0000000490. The molecule has 138 heavy (non-hydrogen) atoms. The summed E-state index contributed by atoms with van der Waals surface area (Å²) in [5.41, 5.74) is 47.0. The van der Waals surface area contributed by atoms with E-state index >= 15 is 0 Å². The SMILES string of the molecule is CC.CC.CC.CC.CC.CC.CCC.CCC.CCC.CCC.CCC.CCC.[CH3-].[CH3-].[CH3-].[CH3-].[CH3-].[CH3-].[CH3-].[CH3-].[Y].[Y].[Y].[Y].[Y].[Y].[Y].[Y].[Y].[Y].[Y].[Y].[Y].[Y].[Y].[Y].[Y].[Y].[Y].[Y].c1ccc2c(c1)Cc1c-2ccc2c1Cc1ccccc1-2.c1ccc2c(c1)Cc1c-2ccc2c1Cc1ccccc1-2.c1ccc2c(c1)Cc1cc3c(cc1-2)-c1ccccc1C3.c1ccc2c(c1)Cc1cc3c(cc1-2)-c1ccccc1C3. The van der Waals surface area contributed by atoms with E-state index in [-0.39, 0.29) is 714 Å². The number of hydrogen-bond donors (Lipinski definition) is 0. The van der Waals surface area contributed by atoms with Gasteiger partial charge in [0, 0.05) is 654 Å². The fourth-order valence-corrected chi connectivity index (χ4v) is 15.3. The molecule has 0 atom stereocenters. The maximum atomic E-state index is 2.44. The van der Waals surface area contributed by atoms with Crippen molar-refractivity contribution in [3.05, 3.63) is 391 Å². The number of rotatable bonds is 0. The van der Waals surface area contributed by atoms with Gasteiger partial charge in [0.05, 0.1) is 0 Å². The minimum atomic E-state index is 0. The predicted octanol–water partition coefficient (Wildman–Crippen LogP) is 37.5. The average molecular weight is 3360 g/mol. The quantitative estimate of drug-likeness (QED) is 0.133. The minimum absolute atomic E-state index is 0. The molecule has 0 amide bonds. The van der Waals surface area contributed by atoms with E-state index < -0.39 is 0 Å². The molecule has 12 aromatic carbocycles. The molecule has 704 valence electrons. The standard InChI is InChI=1S/4C20H14.6C3H8.6C2H6.8CH3.20Y/c2*1-3-7-17-13(5-1)9-15-11-16-10-14-6-2-4-8-18(14)20(16)12-19(15)17;2*1-3-7-15-13(5-1)11-19-17(15)9-10-18-16-8-4-2-6-14(16)12-20(18)19;6*1-3-2;6*1-2;;;;;;;;;;;;;;;;;;;;;;;;;;;;/h2*1-8,11-12H,9-10H2;2*1-10H,11-12H2;6*3H2,1-2H3;6*1-2H3;8*1H3;;;;;;;;;;;;;;;;;;;;/q;;;;;;;;;;;;;;;;8*-1;;;;;;;;;;;;;;;;;;;;. The molecule has 12 aromatic rings. The van der Waals surface area contributed by atoms with Gasteiger partial charge in [-0.3, -0.25) is 0 Å². The molecule has 0 fully saturated rings. The largest absolute Gasteiger partial charge is 0.358 e. The van der Waals surface area contributed by atoms with Gasteiger partial charge in [-0.25, -0.2) is 0 Å². The van der Waals surface area contributed by atoms with E-state index in [0.29, 0.717) is 0 Å². The van der Waals surface area contributed by atoms with Crippen molar-refractivity contribution in [2.75, 3.05) is 0 Å². The van der Waals surface area contributed by atoms with Gasteiger partial charge in [-0.05, 0) is 242 Å². The van der Waals surface area contributed by atoms with Crippen LogP contribution in [0.1, 0.15) is 294 Å². The van der Waals surface area contributed by atoms with Crippen LogP contribution in [0.2, 0.25) is 0 Å². The van der Waals surface area contributed by atoms with Crippen molar-refractivity contribution in [1.29, 1.82) is 0 Å². The van der Waals surface area contributed by atoms with Crippen LogP contribution in [0.25, 0.3) is 89.0 Å². The second-order valence-corrected chi connectivity index (χ2v) is 27.5. The molecule has 0 heterocycles. The Bertz CT molecular complexity index is 4200. The van der Waals surface area contributed by atoms with Crippen molar-refractivity contribution in [1.82, 2.24) is 0 Å². The Morgan fingerprint density at radius 1 is 0.123 bits per heavy atom. The first-order valence-corrected chi connectivity index (χ1v) is 43.4. The third-order valence-corrected chi connectivity index (χ3v) is 19.0. The second kappa shape index (κ2) is 125. The van der Waals surface area contributed by atoms with Gasteiger partial charge in [0.2, 0.25) is 0 Å². The fourth-order valence-electron chi connectivity index (χ4n) is 15.3. The fraction of sp³-hybridized carbons (Fsp3) is 0.322. The maximum absolute atomic E-state index is 2.44. The van der Waals surface area contributed by atoms with Crippen LogP contribution in [-0.4, -0.2) is 0 Å². The molecule has 0 saturated heterocycles. The molecule has 8 aliphatic carbocycles. The Labute approximate surface area is 1360 Å². The molecule has 0 aromatic heterocycles. The normalized spacial score (nSPS) is 8.93. The van der Waals surface area contributed by atoms with Crippen LogP contribution in [0.15, 0.2) is 243 Å². The zero-order chi connectivity index (χ0) is 80.7. The summed E-state index contributed by atoms with van der Waals surface area (Å²) in [5, 5.41) is 0. The molecule has 20 heteroatoms. The van der Waals surface area contributed by atoms with Gasteiger partial charge >= 0.3 is 0 Å². The number of fused-ring (bicyclic) bond motifs is 26. The monoisotopic (exact) mass is 3360 g/mol. The van der Waals surface area contributed by atoms with E-state index in [2.05, 4.69) is 326 Å². The van der Waals surface area contributed by atoms with Crippen LogP contribution in [0, 0.1) is 59.4 Å². The zero-order valence-corrected chi connectivity index (χ0v) is 149. The first-order chi connectivity index (χ1) is 54.1. The van der Waals surface area contributed by atoms with Crippen LogP contribution in [0.4, 0.5) is 0 Å². The molecule has 0 nitrogen and oxygen atoms in total. The van der Waals surface area contributed by atoms with Crippen molar-refractivity contribution >= 4 is 0 Å². The van der Waals surface area contributed by atoms with E-state index in [1.807, 2.05) is 83.1 Å². The molecule has 8 aliphatic rings.